The van der Waals surface area contributed by atoms with Crippen LogP contribution in [0, 0.1) is 5.92 Å². The second kappa shape index (κ2) is 6.02. The third kappa shape index (κ3) is 4.33. The quantitative estimate of drug-likeness (QED) is 0.736. The topological polar surface area (TPSA) is 20.3 Å². The molecule has 0 aliphatic carbocycles. The lowest BCUT2D eigenvalue weighted by molar-refractivity contribution is 0.0940. The van der Waals surface area contributed by atoms with Crippen molar-refractivity contribution in [3.8, 4) is 0 Å². The summed E-state index contributed by atoms with van der Waals surface area (Å²) in [5.41, 5.74) is 0.722. The molecule has 0 spiro atoms. The van der Waals surface area contributed by atoms with Gasteiger partial charge in [-0.15, -0.1) is 0 Å². The fraction of sp³-hybridized carbons (Fsp3) is 0.462. The first kappa shape index (κ1) is 13.2. The van der Waals surface area contributed by atoms with Crippen LogP contribution in [0.15, 0.2) is 24.3 Å². The first-order chi connectivity index (χ1) is 7.49. The maximum Gasteiger partial charge on any atom is 0.176 e. The highest BCUT2D eigenvalue weighted by atomic mass is 35.5. The van der Waals surface area contributed by atoms with Gasteiger partial charge in [0.05, 0.1) is 6.54 Å². The number of Topliss-reactive ketones (excluding diaryl/α,β-unsaturated/α-hetero) is 1. The minimum atomic E-state index is 0.139. The number of halogens is 1. The standard InChI is InChI=1S/C13H18ClNO/c1-10(2)8-15(3)9-13(16)11-4-6-12(14)7-5-11/h4-7,10H,8-9H2,1-3H3. The highest BCUT2D eigenvalue weighted by Crippen LogP contribution is 2.10. The Bertz CT molecular complexity index is 345. The Morgan fingerprint density at radius 1 is 1.31 bits per heavy atom. The van der Waals surface area contributed by atoms with Gasteiger partial charge in [-0.1, -0.05) is 25.4 Å². The van der Waals surface area contributed by atoms with Gasteiger partial charge in [0.1, 0.15) is 0 Å². The highest BCUT2D eigenvalue weighted by Gasteiger charge is 2.09. The van der Waals surface area contributed by atoms with Crippen molar-refractivity contribution >= 4 is 17.4 Å². The van der Waals surface area contributed by atoms with Gasteiger partial charge >= 0.3 is 0 Å². The fourth-order valence-corrected chi connectivity index (χ4v) is 1.79. The number of carbonyl (C=O) groups is 1. The fourth-order valence-electron chi connectivity index (χ4n) is 1.66. The van der Waals surface area contributed by atoms with Crippen molar-refractivity contribution in [2.24, 2.45) is 5.92 Å². The van der Waals surface area contributed by atoms with E-state index in [-0.39, 0.29) is 5.78 Å². The Morgan fingerprint density at radius 3 is 2.38 bits per heavy atom. The third-order valence-corrected chi connectivity index (χ3v) is 2.51. The Hall–Kier alpha value is -0.860. The summed E-state index contributed by atoms with van der Waals surface area (Å²) in [5.74, 6) is 0.711. The van der Waals surface area contributed by atoms with Gasteiger partial charge in [-0.25, -0.2) is 0 Å². The zero-order valence-corrected chi connectivity index (χ0v) is 10.8. The molecule has 0 aliphatic heterocycles. The Morgan fingerprint density at radius 2 is 1.88 bits per heavy atom. The van der Waals surface area contributed by atoms with E-state index in [1.807, 2.05) is 11.9 Å². The summed E-state index contributed by atoms with van der Waals surface area (Å²) in [6.45, 7) is 5.67. The van der Waals surface area contributed by atoms with E-state index in [1.165, 1.54) is 0 Å². The third-order valence-electron chi connectivity index (χ3n) is 2.26. The monoisotopic (exact) mass is 239 g/mol. The van der Waals surface area contributed by atoms with Crippen LogP contribution in [0.25, 0.3) is 0 Å². The largest absolute Gasteiger partial charge is 0.299 e. The van der Waals surface area contributed by atoms with Crippen LogP contribution in [0.3, 0.4) is 0 Å². The Labute approximate surface area is 102 Å². The van der Waals surface area contributed by atoms with Gasteiger partial charge in [0, 0.05) is 17.1 Å². The highest BCUT2D eigenvalue weighted by molar-refractivity contribution is 6.30. The maximum absolute atomic E-state index is 11.9. The summed E-state index contributed by atoms with van der Waals surface area (Å²) in [4.78, 5) is 13.9. The normalized spacial score (nSPS) is 11.1. The average molecular weight is 240 g/mol. The smallest absolute Gasteiger partial charge is 0.176 e. The van der Waals surface area contributed by atoms with Crippen molar-refractivity contribution in [2.75, 3.05) is 20.1 Å². The zero-order valence-electron chi connectivity index (χ0n) is 10.0. The molecule has 0 fully saturated rings. The lowest BCUT2D eigenvalue weighted by Crippen LogP contribution is -2.29. The van der Waals surface area contributed by atoms with Crippen molar-refractivity contribution in [1.29, 1.82) is 0 Å². The number of ketones is 1. The maximum atomic E-state index is 11.9. The molecule has 0 saturated heterocycles. The summed E-state index contributed by atoms with van der Waals surface area (Å²) in [5, 5.41) is 0.659. The molecule has 1 aromatic rings. The summed E-state index contributed by atoms with van der Waals surface area (Å²) in [6, 6.07) is 7.04. The van der Waals surface area contributed by atoms with Crippen LogP contribution >= 0.6 is 11.6 Å². The molecule has 0 saturated carbocycles. The number of likely N-dealkylation sites (N-methyl/N-ethyl adjacent to an activating group) is 1. The number of rotatable bonds is 5. The second-order valence-electron chi connectivity index (χ2n) is 4.52. The first-order valence-corrected chi connectivity index (χ1v) is 5.84. The number of hydrogen-bond donors (Lipinski definition) is 0. The van der Waals surface area contributed by atoms with Crippen LogP contribution in [0.2, 0.25) is 5.02 Å². The van der Waals surface area contributed by atoms with Gasteiger partial charge in [-0.3, -0.25) is 9.69 Å². The molecule has 2 nitrogen and oxygen atoms in total. The number of carbonyl (C=O) groups excluding carboxylic acids is 1. The van der Waals surface area contributed by atoms with Crippen LogP contribution in [0.4, 0.5) is 0 Å². The molecule has 0 unspecified atom stereocenters. The minimum Gasteiger partial charge on any atom is -0.299 e. The van der Waals surface area contributed by atoms with E-state index in [4.69, 9.17) is 11.6 Å². The summed E-state index contributed by atoms with van der Waals surface area (Å²) >= 11 is 5.77. The molecular weight excluding hydrogens is 222 g/mol. The molecule has 1 rings (SSSR count). The van der Waals surface area contributed by atoms with Crippen LogP contribution in [-0.4, -0.2) is 30.8 Å². The molecule has 88 valence electrons. The SMILES string of the molecule is CC(C)CN(C)CC(=O)c1ccc(Cl)cc1. The second-order valence-corrected chi connectivity index (χ2v) is 4.96. The minimum absolute atomic E-state index is 0.139. The van der Waals surface area contributed by atoms with Crippen molar-refractivity contribution in [3.05, 3.63) is 34.9 Å². The van der Waals surface area contributed by atoms with E-state index in [1.54, 1.807) is 24.3 Å². The zero-order chi connectivity index (χ0) is 12.1. The van der Waals surface area contributed by atoms with E-state index < -0.39 is 0 Å². The first-order valence-electron chi connectivity index (χ1n) is 5.46. The van der Waals surface area contributed by atoms with Crippen molar-refractivity contribution in [2.45, 2.75) is 13.8 Å². The van der Waals surface area contributed by atoms with Gasteiger partial charge in [0.25, 0.3) is 0 Å². The molecule has 1 aromatic carbocycles. The molecule has 0 amide bonds. The van der Waals surface area contributed by atoms with E-state index in [0.29, 0.717) is 17.5 Å². The molecule has 0 N–H and O–H groups in total. The molecule has 16 heavy (non-hydrogen) atoms. The summed E-state index contributed by atoms with van der Waals surface area (Å²) in [7, 11) is 1.97. The predicted molar refractivity (Wildman–Crippen MR) is 68.1 cm³/mol. The van der Waals surface area contributed by atoms with Gasteiger partial charge in [-0.2, -0.15) is 0 Å². The van der Waals surface area contributed by atoms with Crippen LogP contribution in [-0.2, 0) is 0 Å². The molecule has 0 bridgehead atoms. The van der Waals surface area contributed by atoms with Gasteiger partial charge in [0.15, 0.2) is 5.78 Å². The number of hydrogen-bond acceptors (Lipinski definition) is 2. The summed E-state index contributed by atoms with van der Waals surface area (Å²) in [6.07, 6.45) is 0. The molecule has 0 atom stereocenters. The predicted octanol–water partition coefficient (Wildman–Crippen LogP) is 3.11. The van der Waals surface area contributed by atoms with Crippen LogP contribution in [0.5, 0.6) is 0 Å². The van der Waals surface area contributed by atoms with Gasteiger partial charge in [-0.05, 0) is 37.2 Å². The van der Waals surface area contributed by atoms with Gasteiger partial charge in [0.2, 0.25) is 0 Å². The van der Waals surface area contributed by atoms with E-state index in [2.05, 4.69) is 13.8 Å². The molecule has 0 aliphatic rings. The molecular formula is C13H18ClNO. The van der Waals surface area contributed by atoms with Crippen molar-refractivity contribution in [1.82, 2.24) is 4.90 Å². The summed E-state index contributed by atoms with van der Waals surface area (Å²) < 4.78 is 0. The van der Waals surface area contributed by atoms with Crippen molar-refractivity contribution < 1.29 is 4.79 Å². The van der Waals surface area contributed by atoms with E-state index >= 15 is 0 Å². The lowest BCUT2D eigenvalue weighted by atomic mass is 10.1. The molecule has 3 heteroatoms. The molecule has 0 radical (unpaired) electrons. The average Bonchev–Trinajstić information content (AvgIpc) is 2.16. The Kier molecular flexibility index (Phi) is 4.97. The molecule has 0 heterocycles. The van der Waals surface area contributed by atoms with E-state index in [0.717, 1.165) is 12.1 Å². The van der Waals surface area contributed by atoms with Gasteiger partial charge < -0.3 is 0 Å². The van der Waals surface area contributed by atoms with E-state index in [9.17, 15) is 4.79 Å². The number of benzene rings is 1. The number of nitrogens with zero attached hydrogens (tertiary/aromatic N) is 1. The van der Waals surface area contributed by atoms with Crippen LogP contribution in [0.1, 0.15) is 24.2 Å². The van der Waals surface area contributed by atoms with Crippen molar-refractivity contribution in [3.63, 3.8) is 0 Å². The Balaban J connectivity index is 2.55. The van der Waals surface area contributed by atoms with Crippen LogP contribution < -0.4 is 0 Å². The molecule has 0 aromatic heterocycles. The lowest BCUT2D eigenvalue weighted by Gasteiger charge is -2.17.